The van der Waals surface area contributed by atoms with Gasteiger partial charge in [0.1, 0.15) is 5.41 Å². The summed E-state index contributed by atoms with van der Waals surface area (Å²) in [5.74, 6) is -1.50. The fourth-order valence-corrected chi connectivity index (χ4v) is 1.52. The second kappa shape index (κ2) is 3.59. The molecule has 0 atom stereocenters. The number of aromatic nitrogens is 1. The number of carboxylic acid groups (broad SMARTS) is 1. The number of nitrogens with one attached hydrogen (secondary N) is 1. The zero-order valence-corrected chi connectivity index (χ0v) is 8.86. The van der Waals surface area contributed by atoms with Crippen LogP contribution in [0.3, 0.4) is 0 Å². The number of amides is 1. The van der Waals surface area contributed by atoms with E-state index in [1.165, 1.54) is 0 Å². The maximum absolute atomic E-state index is 11.8. The van der Waals surface area contributed by atoms with E-state index in [1.807, 2.05) is 0 Å². The van der Waals surface area contributed by atoms with Gasteiger partial charge in [-0.3, -0.25) is 14.6 Å². The van der Waals surface area contributed by atoms with Crippen LogP contribution in [0.2, 0.25) is 0 Å². The van der Waals surface area contributed by atoms with Gasteiger partial charge >= 0.3 is 5.97 Å². The van der Waals surface area contributed by atoms with Crippen molar-refractivity contribution in [2.45, 2.75) is 19.8 Å². The number of carboxylic acids is 1. The van der Waals surface area contributed by atoms with Gasteiger partial charge in [-0.15, -0.1) is 0 Å². The Balaban J connectivity index is 2.15. The lowest BCUT2D eigenvalue weighted by molar-refractivity contribution is -0.147. The highest BCUT2D eigenvalue weighted by molar-refractivity contribution is 6.10. The van der Waals surface area contributed by atoms with Crippen LogP contribution < -0.4 is 5.32 Å². The molecular weight excluding hydrogens is 208 g/mol. The van der Waals surface area contributed by atoms with Crippen molar-refractivity contribution < 1.29 is 14.7 Å². The van der Waals surface area contributed by atoms with Gasteiger partial charge in [0.2, 0.25) is 5.91 Å². The summed E-state index contributed by atoms with van der Waals surface area (Å²) in [5, 5.41) is 11.6. The van der Waals surface area contributed by atoms with E-state index in [0.29, 0.717) is 24.2 Å². The van der Waals surface area contributed by atoms with Gasteiger partial charge in [-0.05, 0) is 31.9 Å². The number of nitrogens with zero attached hydrogens (tertiary/aromatic N) is 1. The van der Waals surface area contributed by atoms with Gasteiger partial charge in [0.25, 0.3) is 0 Å². The Labute approximate surface area is 92.5 Å². The van der Waals surface area contributed by atoms with Crippen LogP contribution in [0.4, 0.5) is 5.69 Å². The van der Waals surface area contributed by atoms with E-state index in [-0.39, 0.29) is 0 Å². The molecule has 0 unspecified atom stereocenters. The molecule has 5 nitrogen and oxygen atoms in total. The Bertz CT molecular complexity index is 452. The van der Waals surface area contributed by atoms with E-state index in [9.17, 15) is 9.59 Å². The summed E-state index contributed by atoms with van der Waals surface area (Å²) in [6.45, 7) is 1.76. The number of aliphatic carboxylic acids is 1. The van der Waals surface area contributed by atoms with Crippen molar-refractivity contribution in [1.29, 1.82) is 0 Å². The third-order valence-electron chi connectivity index (χ3n) is 2.85. The first-order chi connectivity index (χ1) is 7.56. The fraction of sp³-hybridized carbons (Fsp3) is 0.364. The molecule has 1 aromatic rings. The Kier molecular flexibility index (Phi) is 2.38. The average molecular weight is 220 g/mol. The maximum Gasteiger partial charge on any atom is 0.319 e. The van der Waals surface area contributed by atoms with Crippen molar-refractivity contribution in [1.82, 2.24) is 4.98 Å². The normalized spacial score (nSPS) is 16.6. The molecule has 0 bridgehead atoms. The van der Waals surface area contributed by atoms with Gasteiger partial charge in [0.05, 0.1) is 11.4 Å². The summed E-state index contributed by atoms with van der Waals surface area (Å²) in [6.07, 6.45) is 2.44. The van der Waals surface area contributed by atoms with Crippen molar-refractivity contribution in [2.75, 3.05) is 5.32 Å². The van der Waals surface area contributed by atoms with Crippen LogP contribution in [-0.4, -0.2) is 22.0 Å². The van der Waals surface area contributed by atoms with E-state index in [4.69, 9.17) is 5.11 Å². The first-order valence-electron chi connectivity index (χ1n) is 5.03. The van der Waals surface area contributed by atoms with E-state index in [2.05, 4.69) is 10.3 Å². The Hall–Kier alpha value is -1.91. The second-order valence-corrected chi connectivity index (χ2v) is 3.98. The molecule has 5 heteroatoms. The third kappa shape index (κ3) is 1.64. The molecule has 1 heterocycles. The van der Waals surface area contributed by atoms with Gasteiger partial charge in [0, 0.05) is 6.20 Å². The molecule has 0 aromatic carbocycles. The molecule has 0 saturated heterocycles. The third-order valence-corrected chi connectivity index (χ3v) is 2.85. The monoisotopic (exact) mass is 220 g/mol. The topological polar surface area (TPSA) is 79.3 Å². The number of anilines is 1. The van der Waals surface area contributed by atoms with Gasteiger partial charge in [-0.2, -0.15) is 0 Å². The van der Waals surface area contributed by atoms with Crippen molar-refractivity contribution in [2.24, 2.45) is 5.41 Å². The molecule has 1 aliphatic carbocycles. The van der Waals surface area contributed by atoms with E-state index in [0.717, 1.165) is 0 Å². The summed E-state index contributed by atoms with van der Waals surface area (Å²) in [5.41, 5.74) is 0.0412. The minimum absolute atomic E-state index is 0.410. The van der Waals surface area contributed by atoms with Gasteiger partial charge in [0.15, 0.2) is 0 Å². The number of carbonyl (C=O) groups excluding carboxylic acids is 1. The smallest absolute Gasteiger partial charge is 0.319 e. The zero-order chi connectivity index (χ0) is 11.8. The highest BCUT2D eigenvalue weighted by atomic mass is 16.4. The van der Waals surface area contributed by atoms with E-state index < -0.39 is 17.3 Å². The zero-order valence-electron chi connectivity index (χ0n) is 8.86. The number of carbonyl (C=O) groups is 2. The molecule has 84 valence electrons. The predicted molar refractivity (Wildman–Crippen MR) is 56.9 cm³/mol. The van der Waals surface area contributed by atoms with E-state index >= 15 is 0 Å². The van der Waals surface area contributed by atoms with Crippen LogP contribution in [0, 0.1) is 12.3 Å². The SMILES string of the molecule is Cc1ncccc1NC(=O)C1(C(=O)O)CC1. The number of aryl methyl sites for hydroxylation is 1. The second-order valence-electron chi connectivity index (χ2n) is 3.98. The fourth-order valence-electron chi connectivity index (χ4n) is 1.52. The highest BCUT2D eigenvalue weighted by Gasteiger charge is 2.57. The van der Waals surface area contributed by atoms with Crippen molar-refractivity contribution in [3.63, 3.8) is 0 Å². The number of hydrogen-bond acceptors (Lipinski definition) is 3. The Morgan fingerprint density at radius 3 is 2.69 bits per heavy atom. The highest BCUT2D eigenvalue weighted by Crippen LogP contribution is 2.46. The molecule has 16 heavy (non-hydrogen) atoms. The molecule has 0 spiro atoms. The van der Waals surface area contributed by atoms with Crippen molar-refractivity contribution in [3.05, 3.63) is 24.0 Å². The van der Waals surface area contributed by atoms with Crippen LogP contribution in [0.1, 0.15) is 18.5 Å². The molecule has 1 fully saturated rings. The first kappa shape index (κ1) is 10.6. The van der Waals surface area contributed by atoms with Crippen LogP contribution in [0.5, 0.6) is 0 Å². The lowest BCUT2D eigenvalue weighted by Gasteiger charge is -2.11. The first-order valence-corrected chi connectivity index (χ1v) is 5.03. The van der Waals surface area contributed by atoms with Crippen LogP contribution >= 0.6 is 0 Å². The average Bonchev–Trinajstić information content (AvgIpc) is 3.02. The maximum atomic E-state index is 11.8. The molecular formula is C11H12N2O3. The molecule has 1 amide bonds. The Morgan fingerprint density at radius 1 is 1.50 bits per heavy atom. The van der Waals surface area contributed by atoms with Gasteiger partial charge in [-0.1, -0.05) is 0 Å². The van der Waals surface area contributed by atoms with Crippen molar-refractivity contribution in [3.8, 4) is 0 Å². The molecule has 1 saturated carbocycles. The largest absolute Gasteiger partial charge is 0.480 e. The minimum Gasteiger partial charge on any atom is -0.480 e. The summed E-state index contributed by atoms with van der Waals surface area (Å²) >= 11 is 0. The molecule has 0 aliphatic heterocycles. The van der Waals surface area contributed by atoms with Crippen molar-refractivity contribution >= 4 is 17.6 Å². The molecule has 1 aliphatic rings. The number of hydrogen-bond donors (Lipinski definition) is 2. The predicted octanol–water partition coefficient (Wildman–Crippen LogP) is 1.19. The molecule has 0 radical (unpaired) electrons. The number of pyridine rings is 1. The summed E-state index contributed by atoms with van der Waals surface area (Å²) in [4.78, 5) is 26.7. The quantitative estimate of drug-likeness (QED) is 0.750. The minimum atomic E-state index is -1.21. The lowest BCUT2D eigenvalue weighted by atomic mass is 10.1. The molecule has 1 aromatic heterocycles. The van der Waals surface area contributed by atoms with Gasteiger partial charge in [-0.25, -0.2) is 0 Å². The van der Waals surface area contributed by atoms with Crippen LogP contribution in [0.15, 0.2) is 18.3 Å². The van der Waals surface area contributed by atoms with Gasteiger partial charge < -0.3 is 10.4 Å². The van der Waals surface area contributed by atoms with E-state index in [1.54, 1.807) is 25.3 Å². The lowest BCUT2D eigenvalue weighted by Crippen LogP contribution is -2.31. The van der Waals surface area contributed by atoms with Crippen LogP contribution in [-0.2, 0) is 9.59 Å². The summed E-state index contributed by atoms with van der Waals surface area (Å²) in [6, 6.07) is 3.40. The standard InChI is InChI=1S/C11H12N2O3/c1-7-8(3-2-6-12-7)13-9(14)11(4-5-11)10(15)16/h2-3,6H,4-5H2,1H3,(H,13,14)(H,15,16). The number of rotatable bonds is 3. The molecule has 2 N–H and O–H groups in total. The Morgan fingerprint density at radius 2 is 2.19 bits per heavy atom. The van der Waals surface area contributed by atoms with Crippen LogP contribution in [0.25, 0.3) is 0 Å². The molecule has 2 rings (SSSR count). The summed E-state index contributed by atoms with van der Waals surface area (Å²) < 4.78 is 0. The summed E-state index contributed by atoms with van der Waals surface area (Å²) in [7, 11) is 0.